The van der Waals surface area contributed by atoms with Gasteiger partial charge in [0.1, 0.15) is 49.8 Å². The Morgan fingerprint density at radius 1 is 0.688 bits per heavy atom. The summed E-state index contributed by atoms with van der Waals surface area (Å²) in [4.78, 5) is 78.7. The lowest BCUT2D eigenvalue weighted by Crippen LogP contribution is -2.30. The highest BCUT2D eigenvalue weighted by molar-refractivity contribution is 5.94. The fraction of sp³-hybridized carbons (Fsp3) is 0.650. The van der Waals surface area contributed by atoms with Gasteiger partial charge in [-0.05, 0) is 27.7 Å². The van der Waals surface area contributed by atoms with E-state index in [2.05, 4.69) is 4.74 Å². The SMILES string of the molecule is CC(=O)CC(=O)OC(C)CC(=O)OCC(COC(=O)CC(C)OC(=O)CC(C)=O)OC=O. The second kappa shape index (κ2) is 15.5. The van der Waals surface area contributed by atoms with E-state index in [1.807, 2.05) is 0 Å². The second-order valence-corrected chi connectivity index (χ2v) is 6.99. The van der Waals surface area contributed by atoms with E-state index in [-0.39, 0.29) is 30.9 Å². The highest BCUT2D eigenvalue weighted by atomic mass is 16.6. The number of carbonyl (C=O) groups is 7. The largest absolute Gasteiger partial charge is 0.462 e. The van der Waals surface area contributed by atoms with Crippen molar-refractivity contribution in [2.75, 3.05) is 13.2 Å². The minimum atomic E-state index is -1.09. The smallest absolute Gasteiger partial charge is 0.313 e. The van der Waals surface area contributed by atoms with Gasteiger partial charge in [0.15, 0.2) is 6.10 Å². The van der Waals surface area contributed by atoms with Crippen molar-refractivity contribution in [3.63, 3.8) is 0 Å². The lowest BCUT2D eigenvalue weighted by atomic mass is 10.2. The van der Waals surface area contributed by atoms with Crippen molar-refractivity contribution in [3.05, 3.63) is 0 Å². The minimum absolute atomic E-state index is 0.0880. The molecule has 0 aliphatic heterocycles. The standard InChI is InChI=1S/C20H28O12/c1-12(22)5-19(26)31-14(3)7-17(24)28-9-16(30-11-21)10-29-18(25)8-15(4)32-20(27)6-13(2)23/h11,14-16H,5-10H2,1-4H3. The molecule has 2 unspecified atom stereocenters. The maximum atomic E-state index is 11.8. The molecule has 0 aromatic heterocycles. The summed E-state index contributed by atoms with van der Waals surface area (Å²) in [6.07, 6.45) is -4.20. The Morgan fingerprint density at radius 3 is 1.38 bits per heavy atom. The van der Waals surface area contributed by atoms with Gasteiger partial charge in [-0.3, -0.25) is 33.6 Å². The fourth-order valence-electron chi connectivity index (χ4n) is 2.19. The number of hydrogen-bond donors (Lipinski definition) is 0. The monoisotopic (exact) mass is 460 g/mol. The predicted octanol–water partition coefficient (Wildman–Crippen LogP) is 0.216. The van der Waals surface area contributed by atoms with Crippen LogP contribution in [0.25, 0.3) is 0 Å². The summed E-state index contributed by atoms with van der Waals surface area (Å²) in [5, 5.41) is 0. The molecule has 0 N–H and O–H groups in total. The van der Waals surface area contributed by atoms with Gasteiger partial charge in [-0.15, -0.1) is 0 Å². The molecule has 0 aromatic rings. The first-order valence-corrected chi connectivity index (χ1v) is 9.71. The number of esters is 4. The molecule has 12 heteroatoms. The van der Waals surface area contributed by atoms with Crippen LogP contribution in [0.3, 0.4) is 0 Å². The highest BCUT2D eigenvalue weighted by Crippen LogP contribution is 2.06. The molecule has 0 amide bonds. The average molecular weight is 460 g/mol. The molecular weight excluding hydrogens is 432 g/mol. The third kappa shape index (κ3) is 15.5. The van der Waals surface area contributed by atoms with Crippen LogP contribution in [0.1, 0.15) is 53.4 Å². The molecule has 0 rings (SSSR count). The van der Waals surface area contributed by atoms with Crippen molar-refractivity contribution in [3.8, 4) is 0 Å². The Balaban J connectivity index is 4.36. The zero-order valence-corrected chi connectivity index (χ0v) is 18.5. The zero-order chi connectivity index (χ0) is 24.7. The van der Waals surface area contributed by atoms with Crippen molar-refractivity contribution < 1.29 is 57.2 Å². The van der Waals surface area contributed by atoms with Gasteiger partial charge in [-0.2, -0.15) is 0 Å². The molecule has 0 radical (unpaired) electrons. The number of hydrogen-bond acceptors (Lipinski definition) is 12. The third-order valence-corrected chi connectivity index (χ3v) is 3.47. The molecule has 32 heavy (non-hydrogen) atoms. The van der Waals surface area contributed by atoms with Gasteiger partial charge in [0.2, 0.25) is 0 Å². The minimum Gasteiger partial charge on any atom is -0.462 e. The zero-order valence-electron chi connectivity index (χ0n) is 18.5. The van der Waals surface area contributed by atoms with Crippen LogP contribution in [-0.2, 0) is 57.2 Å². The summed E-state index contributed by atoms with van der Waals surface area (Å²) in [6.45, 7) is 4.55. The lowest BCUT2D eigenvalue weighted by Gasteiger charge is -2.17. The molecule has 0 aliphatic carbocycles. The summed E-state index contributed by atoms with van der Waals surface area (Å²) in [5.74, 6) is -3.84. The summed E-state index contributed by atoms with van der Waals surface area (Å²) < 4.78 is 24.3. The van der Waals surface area contributed by atoms with E-state index in [0.717, 1.165) is 0 Å². The van der Waals surface area contributed by atoms with Gasteiger partial charge < -0.3 is 23.7 Å². The van der Waals surface area contributed by atoms with Crippen LogP contribution < -0.4 is 0 Å². The first-order valence-electron chi connectivity index (χ1n) is 9.71. The van der Waals surface area contributed by atoms with Crippen LogP contribution in [0, 0.1) is 0 Å². The first-order chi connectivity index (χ1) is 14.9. The predicted molar refractivity (Wildman–Crippen MR) is 104 cm³/mol. The van der Waals surface area contributed by atoms with Crippen molar-refractivity contribution in [1.82, 2.24) is 0 Å². The Morgan fingerprint density at radius 2 is 1.06 bits per heavy atom. The molecule has 0 heterocycles. The third-order valence-electron chi connectivity index (χ3n) is 3.47. The van der Waals surface area contributed by atoms with E-state index in [1.165, 1.54) is 27.7 Å². The van der Waals surface area contributed by atoms with Crippen LogP contribution in [0.4, 0.5) is 0 Å². The molecule has 0 saturated heterocycles. The Labute approximate surface area is 184 Å². The molecule has 0 fully saturated rings. The summed E-state index contributed by atoms with van der Waals surface area (Å²) in [6, 6.07) is 0. The van der Waals surface area contributed by atoms with Crippen LogP contribution in [0.2, 0.25) is 0 Å². The summed E-state index contributed by atoms with van der Waals surface area (Å²) in [5.41, 5.74) is 0. The van der Waals surface area contributed by atoms with Crippen molar-refractivity contribution in [2.24, 2.45) is 0 Å². The van der Waals surface area contributed by atoms with E-state index in [9.17, 15) is 33.6 Å². The van der Waals surface area contributed by atoms with Gasteiger partial charge in [-0.1, -0.05) is 0 Å². The van der Waals surface area contributed by atoms with Gasteiger partial charge in [0.25, 0.3) is 6.47 Å². The van der Waals surface area contributed by atoms with Crippen LogP contribution >= 0.6 is 0 Å². The van der Waals surface area contributed by atoms with E-state index in [0.29, 0.717) is 0 Å². The molecule has 12 nitrogen and oxygen atoms in total. The average Bonchev–Trinajstić information content (AvgIpc) is 2.61. The van der Waals surface area contributed by atoms with E-state index in [1.54, 1.807) is 0 Å². The van der Waals surface area contributed by atoms with E-state index >= 15 is 0 Å². The molecule has 0 bridgehead atoms. The first kappa shape index (κ1) is 28.7. The van der Waals surface area contributed by atoms with E-state index < -0.39 is 68.2 Å². The van der Waals surface area contributed by atoms with Gasteiger partial charge in [0, 0.05) is 0 Å². The van der Waals surface area contributed by atoms with Crippen LogP contribution in [0.15, 0.2) is 0 Å². The fourth-order valence-corrected chi connectivity index (χ4v) is 2.19. The highest BCUT2D eigenvalue weighted by Gasteiger charge is 2.21. The lowest BCUT2D eigenvalue weighted by molar-refractivity contribution is -0.163. The number of ketones is 2. The number of carbonyl (C=O) groups excluding carboxylic acids is 7. The number of rotatable bonds is 16. The molecular formula is C20H28O12. The van der Waals surface area contributed by atoms with Gasteiger partial charge in [-0.25, -0.2) is 0 Å². The Bertz CT molecular complexity index is 645. The van der Waals surface area contributed by atoms with E-state index in [4.69, 9.17) is 18.9 Å². The number of Topliss-reactive ketones (excluding diaryl/α,β-unsaturated/α-hetero) is 2. The summed E-state index contributed by atoms with van der Waals surface area (Å²) in [7, 11) is 0. The van der Waals surface area contributed by atoms with Crippen molar-refractivity contribution >= 4 is 41.9 Å². The molecule has 2 atom stereocenters. The summed E-state index contributed by atoms with van der Waals surface area (Å²) >= 11 is 0. The molecule has 0 aromatic carbocycles. The second-order valence-electron chi connectivity index (χ2n) is 6.99. The molecule has 0 aliphatic rings. The van der Waals surface area contributed by atoms with Gasteiger partial charge in [0.05, 0.1) is 12.8 Å². The van der Waals surface area contributed by atoms with Crippen molar-refractivity contribution in [1.29, 1.82) is 0 Å². The molecule has 180 valence electrons. The maximum absolute atomic E-state index is 11.8. The van der Waals surface area contributed by atoms with Crippen molar-refractivity contribution in [2.45, 2.75) is 71.7 Å². The topological polar surface area (TPSA) is 166 Å². The van der Waals surface area contributed by atoms with Gasteiger partial charge >= 0.3 is 23.9 Å². The molecule has 0 saturated carbocycles. The number of ether oxygens (including phenoxy) is 5. The molecule has 0 spiro atoms. The maximum Gasteiger partial charge on any atom is 0.313 e. The normalized spacial score (nSPS) is 13.0. The Hall–Kier alpha value is -3.31. The van der Waals surface area contributed by atoms with Crippen LogP contribution in [-0.4, -0.2) is 73.4 Å². The van der Waals surface area contributed by atoms with Crippen LogP contribution in [0.5, 0.6) is 0 Å². The Kier molecular flexibility index (Phi) is 13.9. The quantitative estimate of drug-likeness (QED) is 0.133.